The number of ether oxygens (including phenoxy) is 1. The zero-order valence-corrected chi connectivity index (χ0v) is 18.0. The number of halogens is 3. The van der Waals surface area contributed by atoms with E-state index in [2.05, 4.69) is 15.5 Å². The van der Waals surface area contributed by atoms with E-state index in [0.717, 1.165) is 30.7 Å². The van der Waals surface area contributed by atoms with Crippen LogP contribution >= 0.6 is 11.8 Å². The van der Waals surface area contributed by atoms with E-state index < -0.39 is 11.7 Å². The van der Waals surface area contributed by atoms with E-state index in [1.54, 1.807) is 23.8 Å². The van der Waals surface area contributed by atoms with Gasteiger partial charge in [0.2, 0.25) is 5.91 Å². The maximum Gasteiger partial charge on any atom is 0.416 e. The van der Waals surface area contributed by atoms with Crippen LogP contribution < -0.4 is 10.1 Å². The molecule has 0 unspecified atom stereocenters. The lowest BCUT2D eigenvalue weighted by Gasteiger charge is -2.12. The van der Waals surface area contributed by atoms with Crippen molar-refractivity contribution in [2.45, 2.75) is 36.5 Å². The van der Waals surface area contributed by atoms with Crippen molar-refractivity contribution in [3.63, 3.8) is 0 Å². The normalized spacial score (nSPS) is 13.8. The number of amides is 1. The highest BCUT2D eigenvalue weighted by Crippen LogP contribution is 2.32. The van der Waals surface area contributed by atoms with Crippen LogP contribution in [0.5, 0.6) is 5.75 Å². The molecule has 32 heavy (non-hydrogen) atoms. The third-order valence-corrected chi connectivity index (χ3v) is 6.00. The highest BCUT2D eigenvalue weighted by molar-refractivity contribution is 7.98. The third kappa shape index (κ3) is 5.24. The number of rotatable bonds is 8. The average molecular weight is 462 g/mol. The predicted molar refractivity (Wildman–Crippen MR) is 113 cm³/mol. The number of carbonyl (C=O) groups excluding carboxylic acids is 1. The van der Waals surface area contributed by atoms with E-state index in [1.165, 1.54) is 17.8 Å². The second-order valence-electron chi connectivity index (χ2n) is 7.41. The van der Waals surface area contributed by atoms with Gasteiger partial charge in [-0.05, 0) is 36.6 Å². The lowest BCUT2D eigenvalue weighted by atomic mass is 10.1. The maximum absolute atomic E-state index is 13.0. The first kappa shape index (κ1) is 22.2. The van der Waals surface area contributed by atoms with Gasteiger partial charge in [-0.1, -0.05) is 36.0 Å². The molecule has 0 saturated heterocycles. The second kappa shape index (κ2) is 9.23. The van der Waals surface area contributed by atoms with Gasteiger partial charge in [0, 0.05) is 17.7 Å². The monoisotopic (exact) mass is 462 g/mol. The molecule has 0 atom stereocenters. The van der Waals surface area contributed by atoms with Crippen LogP contribution in [0.25, 0.3) is 5.69 Å². The summed E-state index contributed by atoms with van der Waals surface area (Å²) in [7, 11) is 1.56. The largest absolute Gasteiger partial charge is 0.497 e. The standard InChI is InChI=1S/C22H21F3N4O2S/c1-31-18-7-3-6-17(11-18)29-19(12-26-20(30)15-8-9-15)27-28-21(29)32-13-14-4-2-5-16(10-14)22(23,24)25/h2-7,10-11,15H,8-9,12-13H2,1H3,(H,26,30). The summed E-state index contributed by atoms with van der Waals surface area (Å²) in [5.41, 5.74) is 0.568. The van der Waals surface area contributed by atoms with Crippen LogP contribution in [0, 0.1) is 5.92 Å². The SMILES string of the molecule is COc1cccc(-n2c(CNC(=O)C3CC3)nnc2SCc2cccc(C(F)(F)F)c2)c1. The first-order valence-corrected chi connectivity index (χ1v) is 11.0. The minimum Gasteiger partial charge on any atom is -0.497 e. The Kier molecular flexibility index (Phi) is 6.40. The quantitative estimate of drug-likeness (QED) is 0.495. The van der Waals surface area contributed by atoms with Crippen molar-refractivity contribution in [1.29, 1.82) is 0 Å². The van der Waals surface area contributed by atoms with Crippen LogP contribution in [-0.4, -0.2) is 27.8 Å². The summed E-state index contributed by atoms with van der Waals surface area (Å²) in [4.78, 5) is 12.1. The Morgan fingerprint density at radius 2 is 1.97 bits per heavy atom. The first-order valence-electron chi connectivity index (χ1n) is 10.0. The molecule has 1 saturated carbocycles. The Hall–Kier alpha value is -3.01. The first-order chi connectivity index (χ1) is 15.3. The van der Waals surface area contributed by atoms with Gasteiger partial charge < -0.3 is 10.1 Å². The summed E-state index contributed by atoms with van der Waals surface area (Å²) in [6, 6.07) is 12.5. The molecule has 0 spiro atoms. The molecule has 1 aliphatic carbocycles. The lowest BCUT2D eigenvalue weighted by molar-refractivity contribution is -0.137. The number of carbonyl (C=O) groups is 1. The molecule has 168 valence electrons. The van der Waals surface area contributed by atoms with Crippen molar-refractivity contribution in [1.82, 2.24) is 20.1 Å². The van der Waals surface area contributed by atoms with Crippen molar-refractivity contribution in [3.8, 4) is 11.4 Å². The number of methoxy groups -OCH3 is 1. The van der Waals surface area contributed by atoms with Crippen LogP contribution in [0.1, 0.15) is 29.8 Å². The number of benzene rings is 2. The van der Waals surface area contributed by atoms with Crippen LogP contribution in [-0.2, 0) is 23.3 Å². The highest BCUT2D eigenvalue weighted by Gasteiger charge is 2.31. The van der Waals surface area contributed by atoms with Gasteiger partial charge in [-0.15, -0.1) is 10.2 Å². The highest BCUT2D eigenvalue weighted by atomic mass is 32.2. The molecule has 4 rings (SSSR count). The zero-order chi connectivity index (χ0) is 22.7. The topological polar surface area (TPSA) is 69.0 Å². The number of hydrogen-bond donors (Lipinski definition) is 1. The third-order valence-electron chi connectivity index (χ3n) is 5.00. The van der Waals surface area contributed by atoms with Crippen molar-refractivity contribution < 1.29 is 22.7 Å². The second-order valence-corrected chi connectivity index (χ2v) is 8.36. The minimum atomic E-state index is -4.39. The van der Waals surface area contributed by atoms with Gasteiger partial charge in [-0.25, -0.2) is 0 Å². The molecule has 1 N–H and O–H groups in total. The molecule has 2 aromatic carbocycles. The fourth-order valence-corrected chi connectivity index (χ4v) is 4.07. The molecule has 10 heteroatoms. The molecule has 0 bridgehead atoms. The minimum absolute atomic E-state index is 0.0108. The van der Waals surface area contributed by atoms with Gasteiger partial charge in [0.15, 0.2) is 11.0 Å². The number of aromatic nitrogens is 3. The number of thioether (sulfide) groups is 1. The smallest absolute Gasteiger partial charge is 0.416 e. The summed E-state index contributed by atoms with van der Waals surface area (Å²) in [6.07, 6.45) is -2.60. The molecule has 1 fully saturated rings. The Balaban J connectivity index is 1.59. The Morgan fingerprint density at radius 1 is 1.19 bits per heavy atom. The summed E-state index contributed by atoms with van der Waals surface area (Å²) in [5.74, 6) is 1.50. The van der Waals surface area contributed by atoms with Gasteiger partial charge in [-0.2, -0.15) is 13.2 Å². The molecule has 1 heterocycles. The van der Waals surface area contributed by atoms with Gasteiger partial charge in [0.05, 0.1) is 24.9 Å². The van der Waals surface area contributed by atoms with E-state index in [0.29, 0.717) is 22.3 Å². The van der Waals surface area contributed by atoms with Crippen molar-refractivity contribution >= 4 is 17.7 Å². The molecule has 6 nitrogen and oxygen atoms in total. The van der Waals surface area contributed by atoms with Gasteiger partial charge in [-0.3, -0.25) is 9.36 Å². The fraction of sp³-hybridized carbons (Fsp3) is 0.318. The number of hydrogen-bond acceptors (Lipinski definition) is 5. The molecule has 3 aromatic rings. The summed E-state index contributed by atoms with van der Waals surface area (Å²) in [6.45, 7) is 0.198. The van der Waals surface area contributed by atoms with Crippen molar-refractivity contribution in [2.24, 2.45) is 5.92 Å². The summed E-state index contributed by atoms with van der Waals surface area (Å²) < 4.78 is 46.2. The number of nitrogens with one attached hydrogen (secondary N) is 1. The van der Waals surface area contributed by atoms with E-state index in [-0.39, 0.29) is 24.1 Å². The van der Waals surface area contributed by atoms with E-state index in [9.17, 15) is 18.0 Å². The lowest BCUT2D eigenvalue weighted by Crippen LogP contribution is -2.25. The Morgan fingerprint density at radius 3 is 2.69 bits per heavy atom. The van der Waals surface area contributed by atoms with E-state index in [1.807, 2.05) is 18.2 Å². The average Bonchev–Trinajstić information content (AvgIpc) is 3.56. The van der Waals surface area contributed by atoms with Crippen LogP contribution in [0.15, 0.2) is 53.7 Å². The van der Waals surface area contributed by atoms with Gasteiger partial charge in [0.25, 0.3) is 0 Å². The molecular weight excluding hydrogens is 441 g/mol. The Bertz CT molecular complexity index is 1110. The fourth-order valence-electron chi connectivity index (χ4n) is 3.16. The molecule has 1 aliphatic rings. The van der Waals surface area contributed by atoms with E-state index >= 15 is 0 Å². The van der Waals surface area contributed by atoms with Gasteiger partial charge in [0.1, 0.15) is 5.75 Å². The molecule has 1 amide bonds. The maximum atomic E-state index is 13.0. The zero-order valence-electron chi connectivity index (χ0n) is 17.2. The van der Waals surface area contributed by atoms with E-state index in [4.69, 9.17) is 4.74 Å². The Labute approximate surface area is 187 Å². The van der Waals surface area contributed by atoms with Crippen molar-refractivity contribution in [3.05, 3.63) is 65.5 Å². The van der Waals surface area contributed by atoms with Crippen LogP contribution in [0.3, 0.4) is 0 Å². The number of alkyl halides is 3. The molecule has 1 aromatic heterocycles. The molecule has 0 aliphatic heterocycles. The summed E-state index contributed by atoms with van der Waals surface area (Å²) in [5, 5.41) is 11.8. The molecular formula is C22H21F3N4O2S. The number of nitrogens with zero attached hydrogens (tertiary/aromatic N) is 3. The van der Waals surface area contributed by atoms with Crippen molar-refractivity contribution in [2.75, 3.05) is 7.11 Å². The van der Waals surface area contributed by atoms with Crippen LogP contribution in [0.4, 0.5) is 13.2 Å². The molecule has 0 radical (unpaired) electrons. The van der Waals surface area contributed by atoms with Gasteiger partial charge >= 0.3 is 6.18 Å². The van der Waals surface area contributed by atoms with Crippen LogP contribution in [0.2, 0.25) is 0 Å². The summed E-state index contributed by atoms with van der Waals surface area (Å²) >= 11 is 1.27. The predicted octanol–water partition coefficient (Wildman–Crippen LogP) is 4.61.